The maximum Gasteiger partial charge on any atom is 0.264 e. The van der Waals surface area contributed by atoms with Gasteiger partial charge >= 0.3 is 0 Å². The Morgan fingerprint density at radius 2 is 1.64 bits per heavy atom. The predicted octanol–water partition coefficient (Wildman–Crippen LogP) is 4.28. The molecule has 1 N–H and O–H groups in total. The number of benzene rings is 3. The number of carbonyl (C=O) groups is 1. The number of carbonyl (C=O) groups excluding carboxylic acids is 1. The van der Waals surface area contributed by atoms with Crippen LogP contribution in [0.5, 0.6) is 23.0 Å². The summed E-state index contributed by atoms with van der Waals surface area (Å²) in [6.45, 7) is 6.15. The van der Waals surface area contributed by atoms with E-state index in [1.165, 1.54) is 30.7 Å². The summed E-state index contributed by atoms with van der Waals surface area (Å²) >= 11 is 0. The molecule has 1 amide bonds. The number of hydrogen-bond donors (Lipinski definition) is 1. The third kappa shape index (κ3) is 5.90. The van der Waals surface area contributed by atoms with Crippen LogP contribution in [0.15, 0.2) is 65.6 Å². The van der Waals surface area contributed by atoms with Gasteiger partial charge in [0.15, 0.2) is 17.6 Å². The number of anilines is 1. The summed E-state index contributed by atoms with van der Waals surface area (Å²) in [6.07, 6.45) is -1.06. The van der Waals surface area contributed by atoms with Crippen molar-refractivity contribution in [3.05, 3.63) is 71.8 Å². The molecule has 0 aliphatic carbocycles. The average Bonchev–Trinajstić information content (AvgIpc) is 2.94. The first-order chi connectivity index (χ1) is 18.5. The van der Waals surface area contributed by atoms with Crippen molar-refractivity contribution in [3.8, 4) is 23.0 Å². The highest BCUT2D eigenvalue weighted by Crippen LogP contribution is 2.40. The summed E-state index contributed by atoms with van der Waals surface area (Å²) in [4.78, 5) is 13.3. The van der Waals surface area contributed by atoms with E-state index in [9.17, 15) is 13.2 Å². The molecule has 0 saturated carbocycles. The molecular formula is C29H34N2O7S. The summed E-state index contributed by atoms with van der Waals surface area (Å²) in [5.74, 6) is 1.54. The fourth-order valence-corrected chi connectivity index (χ4v) is 5.72. The lowest BCUT2D eigenvalue weighted by Crippen LogP contribution is -2.50. The molecule has 1 aliphatic rings. The highest BCUT2D eigenvalue weighted by atomic mass is 32.2. The van der Waals surface area contributed by atoms with Crippen LogP contribution in [0.1, 0.15) is 31.9 Å². The molecule has 0 radical (unpaired) electrons. The molecular weight excluding hydrogens is 520 g/mol. The molecule has 0 fully saturated rings. The van der Waals surface area contributed by atoms with Gasteiger partial charge in [0, 0.05) is 6.54 Å². The number of sulfonamides is 1. The van der Waals surface area contributed by atoms with Crippen molar-refractivity contribution >= 4 is 21.6 Å². The highest BCUT2D eigenvalue weighted by Gasteiger charge is 2.38. The molecule has 1 unspecified atom stereocenters. The number of hydrogen-bond acceptors (Lipinski definition) is 7. The minimum atomic E-state index is -4.03. The summed E-state index contributed by atoms with van der Waals surface area (Å²) in [5, 5.41) is 2.85. The van der Waals surface area contributed by atoms with Gasteiger partial charge in [-0.15, -0.1) is 0 Å². The zero-order valence-electron chi connectivity index (χ0n) is 23.0. The van der Waals surface area contributed by atoms with Gasteiger partial charge in [0.05, 0.1) is 38.5 Å². The van der Waals surface area contributed by atoms with Crippen LogP contribution in [0.25, 0.3) is 0 Å². The molecule has 0 saturated heterocycles. The van der Waals surface area contributed by atoms with Crippen LogP contribution in [0, 0.1) is 0 Å². The van der Waals surface area contributed by atoms with Crippen molar-refractivity contribution in [1.82, 2.24) is 5.32 Å². The zero-order valence-corrected chi connectivity index (χ0v) is 23.8. The standard InChI is InChI=1S/C29H34N2O7S/c1-29(2,3)20-8-14-24-23(16-20)31(39(33,34)22-11-9-21(35-4)10-12-22)18-27(38-24)28(32)30-17-19-7-13-25(36-5)26(15-19)37-6/h7-16,27H,17-18H2,1-6H3,(H,30,32). The second-order valence-corrected chi connectivity index (χ2v) is 12.0. The van der Waals surface area contributed by atoms with Crippen LogP contribution in [0.2, 0.25) is 0 Å². The quantitative estimate of drug-likeness (QED) is 0.443. The third-order valence-electron chi connectivity index (χ3n) is 6.55. The van der Waals surface area contributed by atoms with Gasteiger partial charge < -0.3 is 24.3 Å². The summed E-state index contributed by atoms with van der Waals surface area (Å²) < 4.78 is 50.8. The first-order valence-corrected chi connectivity index (χ1v) is 13.9. The molecule has 1 atom stereocenters. The molecule has 0 aromatic heterocycles. The predicted molar refractivity (Wildman–Crippen MR) is 148 cm³/mol. The Bertz CT molecular complexity index is 1450. The van der Waals surface area contributed by atoms with Gasteiger partial charge in [0.25, 0.3) is 15.9 Å². The van der Waals surface area contributed by atoms with E-state index in [0.717, 1.165) is 11.1 Å². The first-order valence-electron chi connectivity index (χ1n) is 12.4. The number of nitrogens with one attached hydrogen (secondary N) is 1. The molecule has 0 bridgehead atoms. The van der Waals surface area contributed by atoms with Gasteiger partial charge in [0.2, 0.25) is 0 Å². The monoisotopic (exact) mass is 554 g/mol. The summed E-state index contributed by atoms with van der Waals surface area (Å²) in [6, 6.07) is 16.9. The molecule has 1 aliphatic heterocycles. The van der Waals surface area contributed by atoms with Gasteiger partial charge in [0.1, 0.15) is 11.5 Å². The highest BCUT2D eigenvalue weighted by molar-refractivity contribution is 7.92. The molecule has 4 rings (SSSR count). The van der Waals surface area contributed by atoms with Gasteiger partial charge in [-0.3, -0.25) is 9.10 Å². The Hall–Kier alpha value is -3.92. The third-order valence-corrected chi connectivity index (χ3v) is 8.34. The summed E-state index contributed by atoms with van der Waals surface area (Å²) in [5.41, 5.74) is 1.89. The maximum absolute atomic E-state index is 13.9. The van der Waals surface area contributed by atoms with Crippen molar-refractivity contribution in [2.75, 3.05) is 32.2 Å². The van der Waals surface area contributed by atoms with Gasteiger partial charge in [-0.2, -0.15) is 0 Å². The number of nitrogens with zero attached hydrogens (tertiary/aromatic N) is 1. The van der Waals surface area contributed by atoms with Crippen molar-refractivity contribution in [2.45, 2.75) is 43.7 Å². The van der Waals surface area contributed by atoms with E-state index < -0.39 is 22.0 Å². The van der Waals surface area contributed by atoms with E-state index in [4.69, 9.17) is 18.9 Å². The van der Waals surface area contributed by atoms with Gasteiger partial charge in [-0.05, 0) is 65.1 Å². The van der Waals surface area contributed by atoms with Crippen LogP contribution in [-0.4, -0.2) is 48.3 Å². The Kier molecular flexibility index (Phi) is 7.96. The summed E-state index contributed by atoms with van der Waals surface area (Å²) in [7, 11) is 0.577. The number of rotatable bonds is 8. The second kappa shape index (κ2) is 11.1. The normalized spacial score (nSPS) is 15.1. The molecule has 10 heteroatoms. The largest absolute Gasteiger partial charge is 0.497 e. The van der Waals surface area contributed by atoms with Crippen LogP contribution in [-0.2, 0) is 26.8 Å². The molecule has 3 aromatic carbocycles. The lowest BCUT2D eigenvalue weighted by molar-refractivity contribution is -0.127. The van der Waals surface area contributed by atoms with Crippen molar-refractivity contribution in [3.63, 3.8) is 0 Å². The van der Waals surface area contributed by atoms with Crippen LogP contribution >= 0.6 is 0 Å². The Labute approximate surface area is 229 Å². The van der Waals surface area contributed by atoms with E-state index in [-0.39, 0.29) is 23.4 Å². The number of fused-ring (bicyclic) bond motifs is 1. The van der Waals surface area contributed by atoms with E-state index in [1.54, 1.807) is 37.4 Å². The number of methoxy groups -OCH3 is 3. The first kappa shape index (κ1) is 28.1. The van der Waals surface area contributed by atoms with E-state index in [1.807, 2.05) is 39.0 Å². The van der Waals surface area contributed by atoms with Crippen molar-refractivity contribution < 1.29 is 32.2 Å². The van der Waals surface area contributed by atoms with Gasteiger partial charge in [-0.25, -0.2) is 8.42 Å². The fraction of sp³-hybridized carbons (Fsp3) is 0.345. The smallest absolute Gasteiger partial charge is 0.264 e. The fourth-order valence-electron chi connectivity index (χ4n) is 4.25. The molecule has 3 aromatic rings. The maximum atomic E-state index is 13.9. The molecule has 208 valence electrons. The lowest BCUT2D eigenvalue weighted by atomic mass is 9.86. The van der Waals surface area contributed by atoms with E-state index in [2.05, 4.69) is 5.32 Å². The average molecular weight is 555 g/mol. The Balaban J connectivity index is 1.64. The molecule has 0 spiro atoms. The van der Waals surface area contributed by atoms with Gasteiger partial charge in [-0.1, -0.05) is 32.9 Å². The minimum absolute atomic E-state index is 0.0850. The van der Waals surface area contributed by atoms with E-state index in [0.29, 0.717) is 28.7 Å². The molecule has 9 nitrogen and oxygen atoms in total. The van der Waals surface area contributed by atoms with Crippen LogP contribution in [0.3, 0.4) is 0 Å². The van der Waals surface area contributed by atoms with Crippen molar-refractivity contribution in [1.29, 1.82) is 0 Å². The minimum Gasteiger partial charge on any atom is -0.497 e. The van der Waals surface area contributed by atoms with E-state index >= 15 is 0 Å². The Morgan fingerprint density at radius 1 is 0.949 bits per heavy atom. The van der Waals surface area contributed by atoms with Crippen LogP contribution < -0.4 is 28.6 Å². The second-order valence-electron chi connectivity index (χ2n) is 10.2. The molecule has 1 heterocycles. The SMILES string of the molecule is COc1ccc(S(=O)(=O)N2CC(C(=O)NCc3ccc(OC)c(OC)c3)Oc3ccc(C(C)(C)C)cc32)cc1. The Morgan fingerprint density at radius 3 is 2.26 bits per heavy atom. The molecule has 39 heavy (non-hydrogen) atoms. The topological polar surface area (TPSA) is 103 Å². The number of amides is 1. The number of ether oxygens (including phenoxy) is 4. The van der Waals surface area contributed by atoms with Crippen molar-refractivity contribution in [2.24, 2.45) is 0 Å². The van der Waals surface area contributed by atoms with Crippen LogP contribution in [0.4, 0.5) is 5.69 Å². The zero-order chi connectivity index (χ0) is 28.4. The lowest BCUT2D eigenvalue weighted by Gasteiger charge is -2.36.